The Bertz CT molecular complexity index is 601. The fourth-order valence-electron chi connectivity index (χ4n) is 1.23. The molecule has 4 nitrogen and oxygen atoms in total. The number of aromatic nitrogens is 2. The lowest BCUT2D eigenvalue weighted by molar-refractivity contribution is 0.0697. The molecule has 0 fully saturated rings. The van der Waals surface area contributed by atoms with Crippen LogP contribution in [0.4, 0.5) is 8.78 Å². The Kier molecular flexibility index (Phi) is 3.07. The molecular formula is C9H4F2N2O2S2. The van der Waals surface area contributed by atoms with Crippen LogP contribution in [0.25, 0.3) is 11.4 Å². The van der Waals surface area contributed by atoms with Gasteiger partial charge in [0.15, 0.2) is 21.8 Å². The predicted molar refractivity (Wildman–Crippen MR) is 59.5 cm³/mol. The smallest absolute Gasteiger partial charge is 0.336 e. The van der Waals surface area contributed by atoms with E-state index in [9.17, 15) is 13.6 Å². The maximum absolute atomic E-state index is 13.1. The van der Waals surface area contributed by atoms with Crippen LogP contribution in [0.1, 0.15) is 10.4 Å². The highest BCUT2D eigenvalue weighted by atomic mass is 32.2. The van der Waals surface area contributed by atoms with Crippen molar-refractivity contribution >= 4 is 30.1 Å². The molecule has 2 aromatic rings. The van der Waals surface area contributed by atoms with Crippen LogP contribution in [0.15, 0.2) is 16.5 Å². The minimum absolute atomic E-state index is 0.0105. The van der Waals surface area contributed by atoms with Crippen LogP contribution in [0.2, 0.25) is 0 Å². The summed E-state index contributed by atoms with van der Waals surface area (Å²) >= 11 is 4.84. The van der Waals surface area contributed by atoms with Gasteiger partial charge in [0, 0.05) is 5.56 Å². The van der Waals surface area contributed by atoms with Crippen molar-refractivity contribution in [3.63, 3.8) is 0 Å². The molecule has 0 aliphatic heterocycles. The quantitative estimate of drug-likeness (QED) is 0.826. The summed E-state index contributed by atoms with van der Waals surface area (Å²) in [5.74, 6) is -3.75. The summed E-state index contributed by atoms with van der Waals surface area (Å²) in [6.45, 7) is 0. The molecule has 8 heteroatoms. The molecule has 0 saturated carbocycles. The zero-order valence-electron chi connectivity index (χ0n) is 8.02. The predicted octanol–water partition coefficient (Wildman–Crippen LogP) is 2.47. The largest absolute Gasteiger partial charge is 0.478 e. The minimum Gasteiger partial charge on any atom is -0.478 e. The van der Waals surface area contributed by atoms with Crippen LogP contribution in [-0.4, -0.2) is 20.4 Å². The van der Waals surface area contributed by atoms with Crippen molar-refractivity contribution in [1.29, 1.82) is 0 Å². The first-order chi connectivity index (χ1) is 7.99. The van der Waals surface area contributed by atoms with E-state index < -0.39 is 23.2 Å². The van der Waals surface area contributed by atoms with Gasteiger partial charge in [-0.25, -0.2) is 18.6 Å². The second kappa shape index (κ2) is 4.38. The molecular weight excluding hydrogens is 270 g/mol. The third-order valence-electron chi connectivity index (χ3n) is 1.95. The van der Waals surface area contributed by atoms with E-state index in [4.69, 9.17) is 5.11 Å². The monoisotopic (exact) mass is 274 g/mol. The van der Waals surface area contributed by atoms with Crippen molar-refractivity contribution in [1.82, 2.24) is 9.36 Å². The van der Waals surface area contributed by atoms with E-state index in [1.807, 2.05) is 0 Å². The molecule has 0 aliphatic carbocycles. The van der Waals surface area contributed by atoms with E-state index >= 15 is 0 Å². The number of benzene rings is 1. The fourth-order valence-corrected chi connectivity index (χ4v) is 1.89. The molecule has 2 rings (SSSR count). The molecule has 0 aliphatic rings. The second-order valence-electron chi connectivity index (χ2n) is 3.02. The molecule has 0 unspecified atom stereocenters. The van der Waals surface area contributed by atoms with Gasteiger partial charge in [0.25, 0.3) is 0 Å². The molecule has 1 heterocycles. The Morgan fingerprint density at radius 1 is 1.35 bits per heavy atom. The van der Waals surface area contributed by atoms with Gasteiger partial charge in [-0.05, 0) is 23.7 Å². The van der Waals surface area contributed by atoms with Crippen LogP contribution < -0.4 is 0 Å². The van der Waals surface area contributed by atoms with Crippen molar-refractivity contribution in [2.45, 2.75) is 4.34 Å². The summed E-state index contributed by atoms with van der Waals surface area (Å²) in [5, 5.41) is 8.89. The molecule has 0 atom stereocenters. The summed E-state index contributed by atoms with van der Waals surface area (Å²) in [7, 11) is 0. The lowest BCUT2D eigenvalue weighted by atomic mass is 10.1. The van der Waals surface area contributed by atoms with Gasteiger partial charge in [-0.15, -0.1) is 12.6 Å². The fraction of sp³-hybridized carbons (Fsp3) is 0. The van der Waals surface area contributed by atoms with Gasteiger partial charge in [0.05, 0.1) is 5.56 Å². The summed E-state index contributed by atoms with van der Waals surface area (Å²) < 4.78 is 30.1. The third-order valence-corrected chi connectivity index (χ3v) is 2.81. The van der Waals surface area contributed by atoms with E-state index in [0.29, 0.717) is 10.4 Å². The van der Waals surface area contributed by atoms with E-state index in [1.165, 1.54) is 0 Å². The number of carbonyl (C=O) groups is 1. The highest BCUT2D eigenvalue weighted by Gasteiger charge is 2.19. The van der Waals surface area contributed by atoms with Crippen molar-refractivity contribution in [2.24, 2.45) is 0 Å². The van der Waals surface area contributed by atoms with Crippen molar-refractivity contribution < 1.29 is 18.7 Å². The number of halogens is 2. The number of carboxylic acid groups (broad SMARTS) is 1. The normalized spacial score (nSPS) is 10.5. The van der Waals surface area contributed by atoms with Gasteiger partial charge < -0.3 is 5.11 Å². The molecule has 17 heavy (non-hydrogen) atoms. The Morgan fingerprint density at radius 2 is 2.00 bits per heavy atom. The van der Waals surface area contributed by atoms with Gasteiger partial charge in [-0.3, -0.25) is 0 Å². The van der Waals surface area contributed by atoms with E-state index in [0.717, 1.165) is 17.6 Å². The van der Waals surface area contributed by atoms with Gasteiger partial charge >= 0.3 is 5.97 Å². The van der Waals surface area contributed by atoms with Crippen molar-refractivity contribution in [3.8, 4) is 11.4 Å². The van der Waals surface area contributed by atoms with Gasteiger partial charge in [-0.2, -0.15) is 4.37 Å². The average Bonchev–Trinajstić information content (AvgIpc) is 2.68. The van der Waals surface area contributed by atoms with E-state index in [2.05, 4.69) is 22.0 Å². The van der Waals surface area contributed by atoms with Gasteiger partial charge in [0.2, 0.25) is 0 Å². The Balaban J connectivity index is 2.67. The van der Waals surface area contributed by atoms with Gasteiger partial charge in [-0.1, -0.05) is 0 Å². The standard InChI is InChI=1S/C9H4F2N2O2S2/c10-5-1-3(7-12-9(16)17-13-7)4(8(14)15)2-6(5)11/h1-2H,(H,14,15)(H,12,13,16). The van der Waals surface area contributed by atoms with Gasteiger partial charge in [0.1, 0.15) is 0 Å². The molecule has 1 aromatic heterocycles. The maximum atomic E-state index is 13.1. The Hall–Kier alpha value is -1.54. The van der Waals surface area contributed by atoms with Crippen LogP contribution in [0.3, 0.4) is 0 Å². The van der Waals surface area contributed by atoms with Crippen LogP contribution in [0.5, 0.6) is 0 Å². The van der Waals surface area contributed by atoms with Crippen molar-refractivity contribution in [3.05, 3.63) is 29.3 Å². The Morgan fingerprint density at radius 3 is 2.53 bits per heavy atom. The highest BCUT2D eigenvalue weighted by Crippen LogP contribution is 2.26. The summed E-state index contributed by atoms with van der Waals surface area (Å²) in [6.07, 6.45) is 0. The molecule has 0 spiro atoms. The number of carboxylic acids is 1. The Labute approximate surface area is 104 Å². The summed E-state index contributed by atoms with van der Waals surface area (Å²) in [5.41, 5.74) is -0.469. The topological polar surface area (TPSA) is 63.1 Å². The summed E-state index contributed by atoms with van der Waals surface area (Å²) in [4.78, 5) is 14.7. The number of nitrogens with zero attached hydrogens (tertiary/aromatic N) is 2. The second-order valence-corrected chi connectivity index (χ2v) is 4.50. The maximum Gasteiger partial charge on any atom is 0.336 e. The average molecular weight is 274 g/mol. The first-order valence-corrected chi connectivity index (χ1v) is 5.46. The number of thiol groups is 1. The lowest BCUT2D eigenvalue weighted by Gasteiger charge is -2.03. The first-order valence-electron chi connectivity index (χ1n) is 4.24. The molecule has 0 amide bonds. The zero-order chi connectivity index (χ0) is 12.6. The van der Waals surface area contributed by atoms with Crippen LogP contribution in [-0.2, 0) is 0 Å². The minimum atomic E-state index is -1.38. The molecule has 1 aromatic carbocycles. The third kappa shape index (κ3) is 2.27. The number of hydrogen-bond donors (Lipinski definition) is 2. The van der Waals surface area contributed by atoms with Crippen LogP contribution in [0, 0.1) is 11.6 Å². The first kappa shape index (κ1) is 11.9. The lowest BCUT2D eigenvalue weighted by Crippen LogP contribution is -2.03. The molecule has 0 bridgehead atoms. The molecule has 0 saturated heterocycles. The van der Waals surface area contributed by atoms with E-state index in [-0.39, 0.29) is 11.4 Å². The molecule has 88 valence electrons. The number of hydrogen-bond acceptors (Lipinski definition) is 5. The summed E-state index contributed by atoms with van der Waals surface area (Å²) in [6, 6.07) is 1.36. The van der Waals surface area contributed by atoms with E-state index in [1.54, 1.807) is 0 Å². The number of aromatic carboxylic acids is 1. The number of rotatable bonds is 2. The van der Waals surface area contributed by atoms with Crippen molar-refractivity contribution in [2.75, 3.05) is 0 Å². The molecule has 1 N–H and O–H groups in total. The SMILES string of the molecule is O=C(O)c1cc(F)c(F)cc1-c1nsc(S)n1. The zero-order valence-corrected chi connectivity index (χ0v) is 9.73. The highest BCUT2D eigenvalue weighted by molar-refractivity contribution is 7.82. The molecule has 0 radical (unpaired) electrons. The van der Waals surface area contributed by atoms with Crippen LogP contribution >= 0.6 is 24.2 Å².